The molecule has 0 unspecified atom stereocenters. The zero-order chi connectivity index (χ0) is 26.0. The van der Waals surface area contributed by atoms with E-state index in [2.05, 4.69) is 69.1 Å². The van der Waals surface area contributed by atoms with Crippen LogP contribution in [-0.4, -0.2) is 23.0 Å². The van der Waals surface area contributed by atoms with Crippen molar-refractivity contribution in [3.63, 3.8) is 0 Å². The molecule has 5 atom stereocenters. The van der Waals surface area contributed by atoms with Gasteiger partial charge in [0.25, 0.3) is 0 Å². The lowest BCUT2D eigenvalue weighted by atomic mass is 9.51. The fraction of sp³-hybridized carbons (Fsp3) is 0.618. The Morgan fingerprint density at radius 1 is 1.05 bits per heavy atom. The molecule has 0 aromatic heterocycles. The Kier molecular flexibility index (Phi) is 6.00. The highest BCUT2D eigenvalue weighted by Crippen LogP contribution is 2.66. The zero-order valence-electron chi connectivity index (χ0n) is 23.1. The molecule has 5 aliphatic rings. The molecule has 0 radical (unpaired) electrons. The SMILES string of the molecule is CC(C)(C)C#C[C@]1(O)CC[C@H]2[C@@H]3CCC4=CC(=O)CCC4=C3[C@@H](c3ccc(NCC4CC4)cc3)C[C@@]21C. The quantitative estimate of drug-likeness (QED) is 0.433. The molecule has 3 saturated carbocycles. The summed E-state index contributed by atoms with van der Waals surface area (Å²) in [5.41, 5.74) is 5.55. The summed E-state index contributed by atoms with van der Waals surface area (Å²) in [5, 5.41) is 15.8. The first kappa shape index (κ1) is 25.0. The molecule has 196 valence electrons. The fourth-order valence-corrected chi connectivity index (χ4v) is 7.88. The van der Waals surface area contributed by atoms with E-state index in [1.54, 1.807) is 5.57 Å². The molecule has 0 saturated heterocycles. The van der Waals surface area contributed by atoms with Crippen molar-refractivity contribution in [2.45, 2.75) is 97.0 Å². The van der Waals surface area contributed by atoms with E-state index in [-0.39, 0.29) is 22.5 Å². The number of benzene rings is 1. The number of hydrogen-bond donors (Lipinski definition) is 2. The summed E-state index contributed by atoms with van der Waals surface area (Å²) in [5.74, 6) is 9.13. The lowest BCUT2D eigenvalue weighted by Crippen LogP contribution is -2.51. The molecule has 6 rings (SSSR count). The van der Waals surface area contributed by atoms with Crippen LogP contribution in [0.1, 0.15) is 97.0 Å². The van der Waals surface area contributed by atoms with Crippen LogP contribution < -0.4 is 5.32 Å². The van der Waals surface area contributed by atoms with Crippen LogP contribution in [0.4, 0.5) is 5.69 Å². The van der Waals surface area contributed by atoms with E-state index in [1.807, 2.05) is 6.08 Å². The largest absolute Gasteiger partial charge is 0.385 e. The fourth-order valence-electron chi connectivity index (χ4n) is 7.88. The normalized spacial score (nSPS) is 35.1. The van der Waals surface area contributed by atoms with E-state index in [1.165, 1.54) is 35.2 Å². The van der Waals surface area contributed by atoms with Crippen molar-refractivity contribution in [1.82, 2.24) is 0 Å². The van der Waals surface area contributed by atoms with Crippen LogP contribution in [0.2, 0.25) is 0 Å². The molecule has 37 heavy (non-hydrogen) atoms. The molecular formula is C34H43NO2. The van der Waals surface area contributed by atoms with Crippen molar-refractivity contribution in [1.29, 1.82) is 0 Å². The average Bonchev–Trinajstić information content (AvgIpc) is 3.65. The third-order valence-electron chi connectivity index (χ3n) is 10.1. The number of carbonyl (C=O) groups is 1. The van der Waals surface area contributed by atoms with Gasteiger partial charge < -0.3 is 10.4 Å². The summed E-state index contributed by atoms with van der Waals surface area (Å²) in [6.45, 7) is 9.78. The Labute approximate surface area is 223 Å². The molecule has 2 N–H and O–H groups in total. The minimum atomic E-state index is -0.955. The third kappa shape index (κ3) is 4.50. The van der Waals surface area contributed by atoms with Crippen molar-refractivity contribution in [2.75, 3.05) is 11.9 Å². The summed E-state index contributed by atoms with van der Waals surface area (Å²) in [6, 6.07) is 9.12. The van der Waals surface area contributed by atoms with Gasteiger partial charge in [-0.1, -0.05) is 36.5 Å². The molecule has 0 bridgehead atoms. The molecule has 1 aromatic carbocycles. The van der Waals surface area contributed by atoms with Crippen LogP contribution in [0.25, 0.3) is 0 Å². The van der Waals surface area contributed by atoms with Gasteiger partial charge in [-0.05, 0) is 125 Å². The topological polar surface area (TPSA) is 49.3 Å². The highest BCUT2D eigenvalue weighted by molar-refractivity contribution is 5.93. The second-order valence-corrected chi connectivity index (χ2v) is 13.8. The van der Waals surface area contributed by atoms with Gasteiger partial charge in [-0.2, -0.15) is 0 Å². The number of rotatable bonds is 4. The maximum Gasteiger partial charge on any atom is 0.156 e. The summed E-state index contributed by atoms with van der Waals surface area (Å²) >= 11 is 0. The van der Waals surface area contributed by atoms with Crippen LogP contribution in [0, 0.1) is 40.4 Å². The molecule has 0 spiro atoms. The lowest BCUT2D eigenvalue weighted by Gasteiger charge is -2.53. The summed E-state index contributed by atoms with van der Waals surface area (Å²) in [4.78, 5) is 12.3. The van der Waals surface area contributed by atoms with Gasteiger partial charge in [-0.3, -0.25) is 4.79 Å². The predicted octanol–water partition coefficient (Wildman–Crippen LogP) is 7.19. The number of ketones is 1. The molecule has 0 amide bonds. The minimum absolute atomic E-state index is 0.131. The Bertz CT molecular complexity index is 1210. The first-order chi connectivity index (χ1) is 17.6. The van der Waals surface area contributed by atoms with Gasteiger partial charge in [-0.15, -0.1) is 0 Å². The molecule has 5 aliphatic carbocycles. The Morgan fingerprint density at radius 3 is 2.51 bits per heavy atom. The van der Waals surface area contributed by atoms with E-state index in [4.69, 9.17) is 0 Å². The maximum atomic E-state index is 12.3. The van der Waals surface area contributed by atoms with Crippen molar-refractivity contribution < 1.29 is 9.90 Å². The van der Waals surface area contributed by atoms with Crippen LogP contribution >= 0.6 is 0 Å². The monoisotopic (exact) mass is 497 g/mol. The van der Waals surface area contributed by atoms with Gasteiger partial charge in [0, 0.05) is 35.4 Å². The molecule has 0 heterocycles. The number of nitrogens with one attached hydrogen (secondary N) is 1. The van der Waals surface area contributed by atoms with Crippen molar-refractivity contribution in [3.8, 4) is 11.8 Å². The number of carbonyl (C=O) groups excluding carboxylic acids is 1. The number of hydrogen-bond acceptors (Lipinski definition) is 3. The van der Waals surface area contributed by atoms with Gasteiger partial charge in [-0.25, -0.2) is 0 Å². The predicted molar refractivity (Wildman–Crippen MR) is 150 cm³/mol. The highest BCUT2D eigenvalue weighted by Gasteiger charge is 2.62. The van der Waals surface area contributed by atoms with Gasteiger partial charge in [0.1, 0.15) is 5.60 Å². The Morgan fingerprint density at radius 2 is 1.81 bits per heavy atom. The zero-order valence-corrected chi connectivity index (χ0v) is 23.1. The van der Waals surface area contributed by atoms with Crippen LogP contribution in [0.5, 0.6) is 0 Å². The molecule has 3 heteroatoms. The van der Waals surface area contributed by atoms with E-state index in [9.17, 15) is 9.90 Å². The average molecular weight is 498 g/mol. The van der Waals surface area contributed by atoms with Gasteiger partial charge >= 0.3 is 0 Å². The van der Waals surface area contributed by atoms with Gasteiger partial charge in [0.15, 0.2) is 5.78 Å². The highest BCUT2D eigenvalue weighted by atomic mass is 16.3. The van der Waals surface area contributed by atoms with Crippen molar-refractivity contribution >= 4 is 11.5 Å². The van der Waals surface area contributed by atoms with E-state index in [0.717, 1.165) is 51.0 Å². The van der Waals surface area contributed by atoms with Crippen LogP contribution in [0.15, 0.2) is 47.1 Å². The van der Waals surface area contributed by atoms with Gasteiger partial charge in [0.2, 0.25) is 0 Å². The summed E-state index contributed by atoms with van der Waals surface area (Å²) in [6.07, 6.45) is 10.9. The third-order valence-corrected chi connectivity index (χ3v) is 10.1. The van der Waals surface area contributed by atoms with Crippen molar-refractivity contribution in [3.05, 3.63) is 52.6 Å². The first-order valence-electron chi connectivity index (χ1n) is 14.6. The first-order valence-corrected chi connectivity index (χ1v) is 14.6. The molecular weight excluding hydrogens is 454 g/mol. The van der Waals surface area contributed by atoms with Crippen molar-refractivity contribution in [2.24, 2.45) is 28.6 Å². The smallest absolute Gasteiger partial charge is 0.156 e. The van der Waals surface area contributed by atoms with E-state index >= 15 is 0 Å². The van der Waals surface area contributed by atoms with Crippen LogP contribution in [-0.2, 0) is 4.79 Å². The number of allylic oxidation sites excluding steroid dienone is 4. The van der Waals surface area contributed by atoms with Gasteiger partial charge in [0.05, 0.1) is 0 Å². The molecule has 3 fully saturated rings. The second-order valence-electron chi connectivity index (χ2n) is 13.8. The minimum Gasteiger partial charge on any atom is -0.385 e. The summed E-state index contributed by atoms with van der Waals surface area (Å²) in [7, 11) is 0. The maximum absolute atomic E-state index is 12.3. The molecule has 0 aliphatic heterocycles. The number of fused-ring (bicyclic) bond motifs is 4. The van der Waals surface area contributed by atoms with E-state index < -0.39 is 5.60 Å². The standard InChI is InChI=1S/C34H43NO2/c1-32(2,3)17-18-34(37)16-15-30-28-13-9-24-19-26(36)12-14-27(24)31(28)29(20-33(30,34)4)23-7-10-25(11-8-23)35-21-22-5-6-22/h7-8,10-11,19,22,28-30,35,37H,5-6,9,12-16,20-21H2,1-4H3/t28-,29+,30-,33-,34+/m0/s1. The number of aliphatic hydroxyl groups is 1. The van der Waals surface area contributed by atoms with Crippen LogP contribution in [0.3, 0.4) is 0 Å². The lowest BCUT2D eigenvalue weighted by molar-refractivity contribution is -0.114. The molecule has 1 aromatic rings. The Balaban J connectivity index is 1.42. The summed E-state index contributed by atoms with van der Waals surface area (Å²) < 4.78 is 0. The molecule has 3 nitrogen and oxygen atoms in total. The number of anilines is 1. The van der Waals surface area contributed by atoms with E-state index in [0.29, 0.717) is 18.3 Å². The second kappa shape index (κ2) is 8.88. The Hall–Kier alpha value is -2.31.